The maximum Gasteiger partial charge on any atom is 0.257 e. The molecule has 2 rings (SSSR count). The van der Waals surface area contributed by atoms with Crippen LogP contribution in [0, 0.1) is 0 Å². The summed E-state index contributed by atoms with van der Waals surface area (Å²) in [6.45, 7) is 21.4. The zero-order valence-electron chi connectivity index (χ0n) is 25.1. The maximum atomic E-state index is 14.2. The van der Waals surface area contributed by atoms with Gasteiger partial charge in [-0.1, -0.05) is 79.4 Å². The first kappa shape index (κ1) is 31.8. The summed E-state index contributed by atoms with van der Waals surface area (Å²) in [6.07, 6.45) is 3.58. The van der Waals surface area contributed by atoms with E-state index in [9.17, 15) is 4.79 Å². The second kappa shape index (κ2) is 13.1. The molecular weight excluding hydrogens is 498 g/mol. The number of amides is 1. The molecule has 1 aliphatic heterocycles. The zero-order chi connectivity index (χ0) is 28.0. The maximum absolute atomic E-state index is 14.2. The Balaban J connectivity index is 2.50. The summed E-state index contributed by atoms with van der Waals surface area (Å²) in [5, 5.41) is 0. The summed E-state index contributed by atoms with van der Waals surface area (Å²) in [4.78, 5) is 16.0. The van der Waals surface area contributed by atoms with Gasteiger partial charge in [0.05, 0.1) is 11.9 Å². The standard InChI is InChI=1S/C29H51NO5Si2/c1-22(2)37(23(3)4,24(5)6)35-17-16-29(20-27(32-7)33-8)25-14-12-13-15-26(25)30(28(29)31)21-34-18-19-36(9,10)11/h12-17,22-24,27H,18-21H2,1-11H3/b17-16+. The highest BCUT2D eigenvalue weighted by Gasteiger charge is 2.51. The molecule has 0 N–H and O–H groups in total. The van der Waals surface area contributed by atoms with Crippen LogP contribution in [-0.2, 0) is 28.8 Å². The number of carbonyl (C=O) groups is 1. The smallest absolute Gasteiger partial charge is 0.257 e. The molecule has 1 atom stereocenters. The number of benzene rings is 1. The quantitative estimate of drug-likeness (QED) is 0.0994. The molecule has 0 spiro atoms. The van der Waals surface area contributed by atoms with Gasteiger partial charge in [0.2, 0.25) is 5.91 Å². The Kier molecular flexibility index (Phi) is 11.2. The van der Waals surface area contributed by atoms with Crippen LogP contribution in [0.3, 0.4) is 0 Å². The van der Waals surface area contributed by atoms with Crippen LogP contribution in [0.25, 0.3) is 0 Å². The molecular formula is C29H51NO5Si2. The molecule has 0 aromatic heterocycles. The molecule has 1 unspecified atom stereocenters. The molecule has 0 saturated carbocycles. The molecule has 1 amide bonds. The Hall–Kier alpha value is -1.46. The lowest BCUT2D eigenvalue weighted by atomic mass is 9.78. The van der Waals surface area contributed by atoms with Crippen molar-refractivity contribution in [2.45, 2.75) is 102 Å². The monoisotopic (exact) mass is 549 g/mol. The molecule has 0 radical (unpaired) electrons. The van der Waals surface area contributed by atoms with Crippen LogP contribution in [0.4, 0.5) is 5.69 Å². The zero-order valence-corrected chi connectivity index (χ0v) is 27.1. The molecule has 1 aromatic rings. The molecule has 1 aromatic carbocycles. The van der Waals surface area contributed by atoms with Crippen molar-refractivity contribution in [3.05, 3.63) is 42.2 Å². The van der Waals surface area contributed by atoms with Gasteiger partial charge in [-0.15, -0.1) is 0 Å². The van der Waals surface area contributed by atoms with Crippen LogP contribution in [0.5, 0.6) is 0 Å². The summed E-state index contributed by atoms with van der Waals surface area (Å²) in [5.41, 5.74) is 2.13. The second-order valence-electron chi connectivity index (χ2n) is 12.4. The van der Waals surface area contributed by atoms with Gasteiger partial charge in [0.1, 0.15) is 12.1 Å². The summed E-state index contributed by atoms with van der Waals surface area (Å²) in [7, 11) is -0.170. The number of hydrogen-bond donors (Lipinski definition) is 0. The van der Waals surface area contributed by atoms with Crippen LogP contribution >= 0.6 is 0 Å². The van der Waals surface area contributed by atoms with E-state index in [2.05, 4.69) is 61.2 Å². The van der Waals surface area contributed by atoms with Gasteiger partial charge in [-0.05, 0) is 40.4 Å². The first-order chi connectivity index (χ1) is 17.3. The normalized spacial score (nSPS) is 18.8. The molecule has 1 heterocycles. The van der Waals surface area contributed by atoms with Crippen LogP contribution in [0.1, 0.15) is 53.5 Å². The summed E-state index contributed by atoms with van der Waals surface area (Å²) >= 11 is 0. The molecule has 210 valence electrons. The highest BCUT2D eigenvalue weighted by atomic mass is 28.4. The molecule has 8 heteroatoms. The highest BCUT2D eigenvalue weighted by Crippen LogP contribution is 2.47. The number of nitrogens with zero attached hydrogens (tertiary/aromatic N) is 1. The minimum absolute atomic E-state index is 0.0356. The molecule has 1 aliphatic rings. The summed E-state index contributed by atoms with van der Waals surface area (Å²) < 4.78 is 24.0. The summed E-state index contributed by atoms with van der Waals surface area (Å²) in [6, 6.07) is 9.03. The van der Waals surface area contributed by atoms with E-state index in [1.807, 2.05) is 36.6 Å². The minimum Gasteiger partial charge on any atom is -0.548 e. The van der Waals surface area contributed by atoms with Crippen molar-refractivity contribution < 1.29 is 23.4 Å². The predicted molar refractivity (Wildman–Crippen MR) is 158 cm³/mol. The van der Waals surface area contributed by atoms with Crippen LogP contribution < -0.4 is 4.90 Å². The Morgan fingerprint density at radius 1 is 0.946 bits per heavy atom. The van der Waals surface area contributed by atoms with Crippen molar-refractivity contribution in [1.82, 2.24) is 0 Å². The first-order valence-electron chi connectivity index (χ1n) is 13.7. The second-order valence-corrected chi connectivity index (χ2v) is 23.4. The summed E-state index contributed by atoms with van der Waals surface area (Å²) in [5.74, 6) is -0.0356. The third-order valence-electron chi connectivity index (χ3n) is 7.87. The number of rotatable bonds is 15. The third-order valence-corrected chi connectivity index (χ3v) is 15.5. The van der Waals surface area contributed by atoms with Crippen molar-refractivity contribution in [1.29, 1.82) is 0 Å². The molecule has 6 nitrogen and oxygen atoms in total. The lowest BCUT2D eigenvalue weighted by Crippen LogP contribution is -2.47. The number of hydrogen-bond acceptors (Lipinski definition) is 5. The van der Waals surface area contributed by atoms with Crippen LogP contribution in [0.2, 0.25) is 42.3 Å². The Bertz CT molecular complexity index is 886. The lowest BCUT2D eigenvalue weighted by molar-refractivity contribution is -0.134. The molecule has 0 saturated heterocycles. The first-order valence-corrected chi connectivity index (χ1v) is 19.5. The molecule has 0 fully saturated rings. The third kappa shape index (κ3) is 6.95. The van der Waals surface area contributed by atoms with Gasteiger partial charge in [-0.25, -0.2) is 0 Å². The van der Waals surface area contributed by atoms with Gasteiger partial charge in [-0.2, -0.15) is 0 Å². The van der Waals surface area contributed by atoms with Crippen molar-refractivity contribution in [2.75, 3.05) is 32.5 Å². The van der Waals surface area contributed by atoms with Crippen molar-refractivity contribution in [3.8, 4) is 0 Å². The van der Waals surface area contributed by atoms with Crippen molar-refractivity contribution >= 4 is 28.0 Å². The lowest BCUT2D eigenvalue weighted by Gasteiger charge is -2.41. The van der Waals surface area contributed by atoms with Gasteiger partial charge in [0.25, 0.3) is 8.32 Å². The van der Waals surface area contributed by atoms with E-state index in [-0.39, 0.29) is 12.6 Å². The van der Waals surface area contributed by atoms with Gasteiger partial charge in [0, 0.05) is 35.3 Å². The SMILES string of the molecule is COC(CC1(/C=C/O[Si](C(C)C)(C(C)C)C(C)C)C(=O)N(COCC[Si](C)(C)C)c2ccccc21)OC. The van der Waals surface area contributed by atoms with Gasteiger partial charge in [-0.3, -0.25) is 9.69 Å². The van der Waals surface area contributed by atoms with Crippen molar-refractivity contribution in [2.24, 2.45) is 0 Å². The Morgan fingerprint density at radius 3 is 2.03 bits per heavy atom. The van der Waals surface area contributed by atoms with Crippen LogP contribution in [0.15, 0.2) is 36.6 Å². The minimum atomic E-state index is -2.16. The number of ether oxygens (including phenoxy) is 3. The number of para-hydroxylation sites is 1. The van der Waals surface area contributed by atoms with E-state index >= 15 is 0 Å². The van der Waals surface area contributed by atoms with E-state index in [0.717, 1.165) is 17.3 Å². The number of anilines is 1. The number of methoxy groups -OCH3 is 2. The van der Waals surface area contributed by atoms with E-state index in [4.69, 9.17) is 18.6 Å². The molecule has 0 aliphatic carbocycles. The van der Waals surface area contributed by atoms with E-state index in [0.29, 0.717) is 29.7 Å². The number of carbonyl (C=O) groups excluding carboxylic acids is 1. The van der Waals surface area contributed by atoms with Crippen LogP contribution in [-0.4, -0.2) is 56.1 Å². The topological polar surface area (TPSA) is 57.2 Å². The average Bonchev–Trinajstić information content (AvgIpc) is 3.04. The highest BCUT2D eigenvalue weighted by molar-refractivity contribution is 6.77. The van der Waals surface area contributed by atoms with Gasteiger partial charge in [0.15, 0.2) is 6.29 Å². The fourth-order valence-electron chi connectivity index (χ4n) is 5.84. The average molecular weight is 550 g/mol. The predicted octanol–water partition coefficient (Wildman–Crippen LogP) is 7.30. The van der Waals surface area contributed by atoms with Gasteiger partial charge >= 0.3 is 0 Å². The Morgan fingerprint density at radius 2 is 1.51 bits per heavy atom. The van der Waals surface area contributed by atoms with E-state index in [1.54, 1.807) is 19.1 Å². The Labute approximate surface area is 227 Å². The fraction of sp³-hybridized carbons (Fsp3) is 0.690. The van der Waals surface area contributed by atoms with Crippen molar-refractivity contribution in [3.63, 3.8) is 0 Å². The van der Waals surface area contributed by atoms with E-state index in [1.165, 1.54) is 0 Å². The number of fused-ring (bicyclic) bond motifs is 1. The largest absolute Gasteiger partial charge is 0.548 e. The molecule has 37 heavy (non-hydrogen) atoms. The molecule has 0 bridgehead atoms. The fourth-order valence-corrected chi connectivity index (χ4v) is 11.7. The van der Waals surface area contributed by atoms with Gasteiger partial charge < -0.3 is 18.6 Å². The van der Waals surface area contributed by atoms with E-state index < -0.39 is 28.1 Å².